The Morgan fingerprint density at radius 3 is 2.56 bits per heavy atom. The lowest BCUT2D eigenvalue weighted by Gasteiger charge is -2.26. The van der Waals surface area contributed by atoms with E-state index in [0.29, 0.717) is 6.04 Å². The van der Waals surface area contributed by atoms with Crippen LogP contribution in [0.2, 0.25) is 0 Å². The second-order valence-electron chi connectivity index (χ2n) is 6.75. The summed E-state index contributed by atoms with van der Waals surface area (Å²) in [6.45, 7) is 8.58. The number of carbonyl (C=O) groups is 1. The molecule has 1 heterocycles. The molecule has 4 heteroatoms. The summed E-state index contributed by atoms with van der Waals surface area (Å²) in [5.74, 6) is 0.908. The van der Waals surface area contributed by atoms with Gasteiger partial charge in [0.2, 0.25) is 0 Å². The van der Waals surface area contributed by atoms with Gasteiger partial charge in [-0.05, 0) is 53.0 Å². The maximum Gasteiger partial charge on any atom is 0.410 e. The van der Waals surface area contributed by atoms with E-state index in [1.54, 1.807) is 0 Å². The van der Waals surface area contributed by atoms with Crippen LogP contribution in [0.1, 0.15) is 40.0 Å². The van der Waals surface area contributed by atoms with Gasteiger partial charge in [-0.1, -0.05) is 0 Å². The highest BCUT2D eigenvalue weighted by atomic mass is 16.6. The molecule has 0 spiro atoms. The molecule has 0 aromatic carbocycles. The molecule has 4 nitrogen and oxygen atoms in total. The van der Waals surface area contributed by atoms with Crippen molar-refractivity contribution in [3.63, 3.8) is 0 Å². The Kier molecular flexibility index (Phi) is 3.85. The van der Waals surface area contributed by atoms with Gasteiger partial charge in [-0.3, -0.25) is 0 Å². The monoisotopic (exact) mass is 254 g/mol. The third-order valence-electron chi connectivity index (χ3n) is 3.68. The third kappa shape index (κ3) is 3.87. The van der Waals surface area contributed by atoms with Gasteiger partial charge in [-0.15, -0.1) is 0 Å². The number of amides is 1. The van der Waals surface area contributed by atoms with Crippen molar-refractivity contribution in [2.24, 2.45) is 5.92 Å². The van der Waals surface area contributed by atoms with E-state index in [9.17, 15) is 4.79 Å². The standard InChI is InChI=1S/C14H26N2O2/c1-14(2,3)18-13(17)16-8-7-12(10-16)15(4)9-11-5-6-11/h11-12H,5-10H2,1-4H3. The van der Waals surface area contributed by atoms with Gasteiger partial charge in [0.05, 0.1) is 0 Å². The molecule has 1 atom stereocenters. The molecular formula is C14H26N2O2. The summed E-state index contributed by atoms with van der Waals surface area (Å²) in [4.78, 5) is 16.2. The zero-order chi connectivity index (χ0) is 13.3. The highest BCUT2D eigenvalue weighted by Crippen LogP contribution is 2.30. The van der Waals surface area contributed by atoms with E-state index in [1.165, 1.54) is 19.4 Å². The number of hydrogen-bond acceptors (Lipinski definition) is 3. The number of likely N-dealkylation sites (N-methyl/N-ethyl adjacent to an activating group) is 1. The minimum Gasteiger partial charge on any atom is -0.444 e. The van der Waals surface area contributed by atoms with Crippen molar-refractivity contribution in [2.45, 2.75) is 51.7 Å². The number of rotatable bonds is 3. The quantitative estimate of drug-likeness (QED) is 0.775. The predicted molar refractivity (Wildman–Crippen MR) is 71.6 cm³/mol. The van der Waals surface area contributed by atoms with Crippen molar-refractivity contribution in [3.05, 3.63) is 0 Å². The second kappa shape index (κ2) is 5.08. The van der Waals surface area contributed by atoms with E-state index >= 15 is 0 Å². The number of ether oxygens (including phenoxy) is 1. The van der Waals surface area contributed by atoms with Crippen molar-refractivity contribution in [2.75, 3.05) is 26.7 Å². The molecule has 0 bridgehead atoms. The van der Waals surface area contributed by atoms with E-state index in [0.717, 1.165) is 25.4 Å². The molecule has 1 amide bonds. The lowest BCUT2D eigenvalue weighted by atomic mass is 10.2. The zero-order valence-corrected chi connectivity index (χ0v) is 12.1. The van der Waals surface area contributed by atoms with Crippen molar-refractivity contribution >= 4 is 6.09 Å². The molecule has 1 aliphatic carbocycles. The van der Waals surface area contributed by atoms with Gasteiger partial charge >= 0.3 is 6.09 Å². The Morgan fingerprint density at radius 1 is 1.33 bits per heavy atom. The van der Waals surface area contributed by atoms with Crippen LogP contribution in [0.4, 0.5) is 4.79 Å². The van der Waals surface area contributed by atoms with Crippen LogP contribution >= 0.6 is 0 Å². The smallest absolute Gasteiger partial charge is 0.410 e. The number of likely N-dealkylation sites (tertiary alicyclic amines) is 1. The van der Waals surface area contributed by atoms with Crippen LogP contribution in [0.25, 0.3) is 0 Å². The van der Waals surface area contributed by atoms with E-state index < -0.39 is 5.60 Å². The van der Waals surface area contributed by atoms with Crippen LogP contribution in [0.5, 0.6) is 0 Å². The summed E-state index contributed by atoms with van der Waals surface area (Å²) in [6.07, 6.45) is 3.67. The summed E-state index contributed by atoms with van der Waals surface area (Å²) < 4.78 is 5.41. The van der Waals surface area contributed by atoms with Crippen LogP contribution in [-0.4, -0.2) is 54.2 Å². The van der Waals surface area contributed by atoms with Gasteiger partial charge in [-0.2, -0.15) is 0 Å². The molecular weight excluding hydrogens is 228 g/mol. The van der Waals surface area contributed by atoms with Crippen molar-refractivity contribution in [1.29, 1.82) is 0 Å². The maximum absolute atomic E-state index is 11.9. The fraction of sp³-hybridized carbons (Fsp3) is 0.929. The molecule has 0 N–H and O–H groups in total. The summed E-state index contributed by atoms with van der Waals surface area (Å²) >= 11 is 0. The largest absolute Gasteiger partial charge is 0.444 e. The van der Waals surface area contributed by atoms with Crippen LogP contribution in [-0.2, 0) is 4.74 Å². The lowest BCUT2D eigenvalue weighted by molar-refractivity contribution is 0.0282. The molecule has 1 saturated carbocycles. The Balaban J connectivity index is 1.78. The Hall–Kier alpha value is -0.770. The molecule has 2 fully saturated rings. The molecule has 2 aliphatic rings. The first-order valence-corrected chi connectivity index (χ1v) is 7.03. The summed E-state index contributed by atoms with van der Waals surface area (Å²) in [5, 5.41) is 0. The topological polar surface area (TPSA) is 32.8 Å². The minimum absolute atomic E-state index is 0.162. The molecule has 0 aromatic heterocycles. The highest BCUT2D eigenvalue weighted by Gasteiger charge is 2.33. The minimum atomic E-state index is -0.394. The first-order valence-electron chi connectivity index (χ1n) is 7.03. The fourth-order valence-corrected chi connectivity index (χ4v) is 2.45. The van der Waals surface area contributed by atoms with Crippen molar-refractivity contribution < 1.29 is 9.53 Å². The average Bonchev–Trinajstić information content (AvgIpc) is 2.91. The number of carbonyl (C=O) groups excluding carboxylic acids is 1. The molecule has 18 heavy (non-hydrogen) atoms. The van der Waals surface area contributed by atoms with Gasteiger partial charge in [0.25, 0.3) is 0 Å². The first-order chi connectivity index (χ1) is 8.35. The highest BCUT2D eigenvalue weighted by molar-refractivity contribution is 5.68. The fourth-order valence-electron chi connectivity index (χ4n) is 2.45. The number of hydrogen-bond donors (Lipinski definition) is 0. The van der Waals surface area contributed by atoms with Crippen LogP contribution < -0.4 is 0 Å². The molecule has 104 valence electrons. The summed E-state index contributed by atoms with van der Waals surface area (Å²) in [5.41, 5.74) is -0.394. The van der Waals surface area contributed by atoms with Crippen LogP contribution in [0.3, 0.4) is 0 Å². The second-order valence-corrected chi connectivity index (χ2v) is 6.75. The first kappa shape index (κ1) is 13.7. The predicted octanol–water partition coefficient (Wildman–Crippen LogP) is 2.34. The molecule has 0 aromatic rings. The van der Waals surface area contributed by atoms with Gasteiger partial charge in [0.15, 0.2) is 0 Å². The van der Waals surface area contributed by atoms with E-state index in [-0.39, 0.29) is 6.09 Å². The van der Waals surface area contributed by atoms with Gasteiger partial charge in [-0.25, -0.2) is 4.79 Å². The summed E-state index contributed by atoms with van der Waals surface area (Å²) in [6, 6.07) is 0.512. The lowest BCUT2D eigenvalue weighted by Crippen LogP contribution is -2.39. The molecule has 2 rings (SSSR count). The summed E-state index contributed by atoms with van der Waals surface area (Å²) in [7, 11) is 2.18. The SMILES string of the molecule is CN(CC1CC1)C1CCN(C(=O)OC(C)(C)C)C1. The van der Waals surface area contributed by atoms with Crippen LogP contribution in [0.15, 0.2) is 0 Å². The molecule has 1 saturated heterocycles. The average molecular weight is 254 g/mol. The normalized spacial score (nSPS) is 24.7. The Labute approximate surface area is 110 Å². The third-order valence-corrected chi connectivity index (χ3v) is 3.68. The van der Waals surface area contributed by atoms with Gasteiger partial charge < -0.3 is 14.5 Å². The molecule has 0 radical (unpaired) electrons. The van der Waals surface area contributed by atoms with Crippen molar-refractivity contribution in [3.8, 4) is 0 Å². The van der Waals surface area contributed by atoms with Gasteiger partial charge in [0.1, 0.15) is 5.60 Å². The Morgan fingerprint density at radius 2 is 2.00 bits per heavy atom. The van der Waals surface area contributed by atoms with Crippen molar-refractivity contribution in [1.82, 2.24) is 9.80 Å². The van der Waals surface area contributed by atoms with E-state index in [4.69, 9.17) is 4.74 Å². The van der Waals surface area contributed by atoms with Crippen LogP contribution in [0, 0.1) is 5.92 Å². The van der Waals surface area contributed by atoms with Gasteiger partial charge in [0, 0.05) is 25.7 Å². The molecule has 1 aliphatic heterocycles. The Bertz CT molecular complexity index is 307. The van der Waals surface area contributed by atoms with E-state index in [2.05, 4.69) is 11.9 Å². The molecule has 1 unspecified atom stereocenters. The zero-order valence-electron chi connectivity index (χ0n) is 12.1. The van der Waals surface area contributed by atoms with E-state index in [1.807, 2.05) is 25.7 Å². The maximum atomic E-state index is 11.9. The number of nitrogens with zero attached hydrogens (tertiary/aromatic N) is 2.